The van der Waals surface area contributed by atoms with E-state index in [1.165, 1.54) is 12.8 Å². The van der Waals surface area contributed by atoms with Gasteiger partial charge in [0.2, 0.25) is 0 Å². The Morgan fingerprint density at radius 1 is 1.27 bits per heavy atom. The molecule has 5 nitrogen and oxygen atoms in total. The van der Waals surface area contributed by atoms with Crippen LogP contribution >= 0.6 is 24.0 Å². The van der Waals surface area contributed by atoms with Crippen molar-refractivity contribution in [3.63, 3.8) is 0 Å². The molecule has 2 N–H and O–H groups in total. The summed E-state index contributed by atoms with van der Waals surface area (Å²) >= 11 is 0. The highest BCUT2D eigenvalue weighted by molar-refractivity contribution is 14.0. The molecule has 0 bridgehead atoms. The summed E-state index contributed by atoms with van der Waals surface area (Å²) in [5.41, 5.74) is 0. The van der Waals surface area contributed by atoms with Crippen molar-refractivity contribution in [3.05, 3.63) is 24.3 Å². The van der Waals surface area contributed by atoms with Crippen molar-refractivity contribution in [2.24, 2.45) is 4.99 Å². The molecule has 22 heavy (non-hydrogen) atoms. The molecule has 0 amide bonds. The maximum absolute atomic E-state index is 5.84. The van der Waals surface area contributed by atoms with Gasteiger partial charge in [-0.15, -0.1) is 24.0 Å². The zero-order chi connectivity index (χ0) is 15.1. The predicted molar refractivity (Wildman–Crippen MR) is 101 cm³/mol. The quantitative estimate of drug-likeness (QED) is 0.406. The first kappa shape index (κ1) is 18.9. The molecule has 0 saturated heterocycles. The van der Waals surface area contributed by atoms with Crippen LogP contribution in [0.25, 0.3) is 0 Å². The second kappa shape index (κ2) is 9.76. The average molecular weight is 419 g/mol. The molecule has 1 unspecified atom stereocenters. The molecule has 124 valence electrons. The van der Waals surface area contributed by atoms with Crippen LogP contribution in [-0.2, 0) is 0 Å². The molecule has 0 heterocycles. The fraction of sp³-hybridized carbons (Fsp3) is 0.562. The molecule has 1 aromatic rings. The molecular weight excluding hydrogens is 393 g/mol. The second-order valence-electron chi connectivity index (χ2n) is 5.24. The number of nitrogens with one attached hydrogen (secondary N) is 2. The van der Waals surface area contributed by atoms with Gasteiger partial charge in [-0.25, -0.2) is 4.99 Å². The second-order valence-corrected chi connectivity index (χ2v) is 5.24. The lowest BCUT2D eigenvalue weighted by atomic mass is 10.3. The van der Waals surface area contributed by atoms with Crippen molar-refractivity contribution in [1.29, 1.82) is 0 Å². The van der Waals surface area contributed by atoms with E-state index in [0.717, 1.165) is 24.0 Å². The van der Waals surface area contributed by atoms with Crippen LogP contribution in [0, 0.1) is 0 Å². The van der Waals surface area contributed by atoms with Gasteiger partial charge in [-0.05, 0) is 51.0 Å². The van der Waals surface area contributed by atoms with Crippen LogP contribution in [0.3, 0.4) is 0 Å². The van der Waals surface area contributed by atoms with Crippen molar-refractivity contribution in [1.82, 2.24) is 10.6 Å². The molecule has 1 aromatic carbocycles. The highest BCUT2D eigenvalue weighted by Gasteiger charge is 2.22. The lowest BCUT2D eigenvalue weighted by Crippen LogP contribution is -2.39. The number of nitrogens with zero attached hydrogens (tertiary/aromatic N) is 1. The van der Waals surface area contributed by atoms with Gasteiger partial charge >= 0.3 is 0 Å². The number of aliphatic imine (C=N–C) groups is 1. The van der Waals surface area contributed by atoms with Gasteiger partial charge in [0.25, 0.3) is 0 Å². The topological polar surface area (TPSA) is 54.9 Å². The monoisotopic (exact) mass is 419 g/mol. The summed E-state index contributed by atoms with van der Waals surface area (Å²) < 4.78 is 11.0. The van der Waals surface area contributed by atoms with Gasteiger partial charge in [0, 0.05) is 12.6 Å². The summed E-state index contributed by atoms with van der Waals surface area (Å²) in [5.74, 6) is 2.54. The number of hydrogen-bond donors (Lipinski definition) is 2. The molecule has 1 aliphatic carbocycles. The number of rotatable bonds is 7. The highest BCUT2D eigenvalue weighted by atomic mass is 127. The Kier molecular flexibility index (Phi) is 8.37. The van der Waals surface area contributed by atoms with E-state index < -0.39 is 0 Å². The Bertz CT molecular complexity index is 461. The van der Waals surface area contributed by atoms with Gasteiger partial charge < -0.3 is 20.1 Å². The Morgan fingerprint density at radius 3 is 2.45 bits per heavy atom. The number of methoxy groups -OCH3 is 1. The molecule has 6 heteroatoms. The van der Waals surface area contributed by atoms with Gasteiger partial charge in [0.05, 0.1) is 13.7 Å². The van der Waals surface area contributed by atoms with Gasteiger partial charge in [-0.2, -0.15) is 0 Å². The summed E-state index contributed by atoms with van der Waals surface area (Å²) in [6.45, 7) is 5.58. The largest absolute Gasteiger partial charge is 0.497 e. The number of ether oxygens (including phenoxy) is 2. The van der Waals surface area contributed by atoms with Crippen LogP contribution in [0.4, 0.5) is 0 Å². The van der Waals surface area contributed by atoms with Crippen molar-refractivity contribution < 1.29 is 9.47 Å². The normalized spacial score (nSPS) is 15.5. The van der Waals surface area contributed by atoms with Gasteiger partial charge in [0.1, 0.15) is 17.6 Å². The van der Waals surface area contributed by atoms with Crippen LogP contribution in [0.2, 0.25) is 0 Å². The number of benzene rings is 1. The minimum absolute atomic E-state index is 0. The van der Waals surface area contributed by atoms with E-state index in [2.05, 4.69) is 22.5 Å². The molecule has 0 aromatic heterocycles. The number of hydrogen-bond acceptors (Lipinski definition) is 3. The first-order valence-electron chi connectivity index (χ1n) is 7.56. The Balaban J connectivity index is 0.00000242. The average Bonchev–Trinajstić information content (AvgIpc) is 3.30. The predicted octanol–water partition coefficient (Wildman–Crippen LogP) is 2.80. The van der Waals surface area contributed by atoms with E-state index in [9.17, 15) is 0 Å². The van der Waals surface area contributed by atoms with Gasteiger partial charge in [-0.3, -0.25) is 0 Å². The molecule has 0 radical (unpaired) electrons. The van der Waals surface area contributed by atoms with E-state index in [4.69, 9.17) is 9.47 Å². The molecule has 0 aliphatic heterocycles. The fourth-order valence-corrected chi connectivity index (χ4v) is 1.88. The third-order valence-corrected chi connectivity index (χ3v) is 3.17. The number of halogens is 1. The van der Waals surface area contributed by atoms with Gasteiger partial charge in [-0.1, -0.05) is 0 Å². The molecule has 1 aliphatic rings. The van der Waals surface area contributed by atoms with E-state index in [1.54, 1.807) is 7.11 Å². The van der Waals surface area contributed by atoms with E-state index in [-0.39, 0.29) is 30.1 Å². The minimum Gasteiger partial charge on any atom is -0.497 e. The molecule has 2 rings (SSSR count). The lowest BCUT2D eigenvalue weighted by molar-refractivity contribution is 0.230. The molecule has 1 fully saturated rings. The third kappa shape index (κ3) is 6.72. The van der Waals surface area contributed by atoms with Crippen molar-refractivity contribution in [2.75, 3.05) is 20.2 Å². The van der Waals surface area contributed by atoms with Crippen LogP contribution in [0.15, 0.2) is 29.3 Å². The van der Waals surface area contributed by atoms with E-state index in [1.807, 2.05) is 31.2 Å². The highest BCUT2D eigenvalue weighted by Crippen LogP contribution is 2.19. The smallest absolute Gasteiger partial charge is 0.191 e. The number of guanidine groups is 1. The molecule has 1 atom stereocenters. The van der Waals surface area contributed by atoms with Crippen LogP contribution in [0.5, 0.6) is 11.5 Å². The zero-order valence-electron chi connectivity index (χ0n) is 13.5. The third-order valence-electron chi connectivity index (χ3n) is 3.17. The molecular formula is C16H26IN3O2. The zero-order valence-corrected chi connectivity index (χ0v) is 15.8. The first-order valence-corrected chi connectivity index (χ1v) is 7.56. The minimum atomic E-state index is 0. The van der Waals surface area contributed by atoms with E-state index >= 15 is 0 Å². The van der Waals surface area contributed by atoms with Crippen molar-refractivity contribution in [3.8, 4) is 11.5 Å². The lowest BCUT2D eigenvalue weighted by Gasteiger charge is -2.15. The summed E-state index contributed by atoms with van der Waals surface area (Å²) in [5, 5.41) is 6.65. The van der Waals surface area contributed by atoms with E-state index in [0.29, 0.717) is 12.6 Å². The standard InChI is InChI=1S/C16H25N3O2.HI/c1-4-17-16(19-13-5-6-13)18-11-12(2)21-15-9-7-14(20-3)8-10-15;/h7-10,12-13H,4-6,11H2,1-3H3,(H2,17,18,19);1H. The first-order chi connectivity index (χ1) is 10.2. The summed E-state index contributed by atoms with van der Waals surface area (Å²) in [7, 11) is 1.66. The Morgan fingerprint density at radius 2 is 1.91 bits per heavy atom. The van der Waals surface area contributed by atoms with Gasteiger partial charge in [0.15, 0.2) is 5.96 Å². The van der Waals surface area contributed by atoms with Crippen LogP contribution in [-0.4, -0.2) is 38.3 Å². The fourth-order valence-electron chi connectivity index (χ4n) is 1.88. The summed E-state index contributed by atoms with van der Waals surface area (Å²) in [6, 6.07) is 8.20. The van der Waals surface area contributed by atoms with Crippen LogP contribution in [0.1, 0.15) is 26.7 Å². The van der Waals surface area contributed by atoms with Crippen molar-refractivity contribution >= 4 is 29.9 Å². The SMILES string of the molecule is CCNC(=NCC(C)Oc1ccc(OC)cc1)NC1CC1.I. The maximum atomic E-state index is 5.84. The molecule has 1 saturated carbocycles. The summed E-state index contributed by atoms with van der Waals surface area (Å²) in [4.78, 5) is 4.57. The Labute approximate surface area is 149 Å². The van der Waals surface area contributed by atoms with Crippen LogP contribution < -0.4 is 20.1 Å². The van der Waals surface area contributed by atoms with Crippen molar-refractivity contribution in [2.45, 2.75) is 38.8 Å². The Hall–Kier alpha value is -1.18. The summed E-state index contributed by atoms with van der Waals surface area (Å²) in [6.07, 6.45) is 2.50. The molecule has 0 spiro atoms. The maximum Gasteiger partial charge on any atom is 0.191 e.